The molecule has 0 unspecified atom stereocenters. The molecule has 6 heterocycles. The van der Waals surface area contributed by atoms with E-state index >= 15 is 0 Å². The molecule has 0 saturated carbocycles. The third kappa shape index (κ3) is 8.95. The van der Waals surface area contributed by atoms with Crippen LogP contribution in [0.3, 0.4) is 0 Å². The minimum Gasteiger partial charge on any atom is -0.351 e. The number of anilines is 1. The van der Waals surface area contributed by atoms with Gasteiger partial charge in [0, 0.05) is 46.7 Å². The van der Waals surface area contributed by atoms with Gasteiger partial charge in [-0.3, -0.25) is 9.97 Å². The molecule has 2 atom stereocenters. The summed E-state index contributed by atoms with van der Waals surface area (Å²) < 4.78 is 30.4. The fourth-order valence-electron chi connectivity index (χ4n) is 9.70. The van der Waals surface area contributed by atoms with Crippen molar-refractivity contribution in [2.45, 2.75) is 103 Å². The van der Waals surface area contributed by atoms with E-state index in [4.69, 9.17) is 27.3 Å². The van der Waals surface area contributed by atoms with Gasteiger partial charge in [0.15, 0.2) is 22.9 Å². The SMILES string of the molecule is CC(C)c1cnn2c(Cl)nc(-c3cncc(F)c3)nc12.CC(C)c1cnn2c(N[C@@H]3CCC4=C(C3)c3ccccc3C4)nc(-c3cncc(F)c3)nc12.N[C@@H]1CCC2=C(C1)c1ccccc1C2. The quantitative estimate of drug-likeness (QED) is 0.165. The average Bonchev–Trinajstić information content (AvgIpc) is 4.13. The molecule has 0 fully saturated rings. The molecule has 4 aliphatic rings. The van der Waals surface area contributed by atoms with E-state index in [9.17, 15) is 8.78 Å². The zero-order valence-electron chi connectivity index (χ0n) is 37.9. The summed E-state index contributed by atoms with van der Waals surface area (Å²) in [6.07, 6.45) is 17.8. The fourth-order valence-corrected chi connectivity index (χ4v) is 9.90. The van der Waals surface area contributed by atoms with Crippen molar-refractivity contribution < 1.29 is 8.78 Å². The third-order valence-corrected chi connectivity index (χ3v) is 13.4. The monoisotopic (exact) mass is 916 g/mol. The Labute approximate surface area is 392 Å². The first kappa shape index (κ1) is 44.1. The van der Waals surface area contributed by atoms with Gasteiger partial charge in [0.2, 0.25) is 11.2 Å². The Bertz CT molecular complexity index is 3230. The Morgan fingerprint density at radius 2 is 1.16 bits per heavy atom. The summed E-state index contributed by atoms with van der Waals surface area (Å²) in [7, 11) is 0. The third-order valence-electron chi connectivity index (χ3n) is 13.1. The Kier molecular flexibility index (Phi) is 12.2. The number of hydrogen-bond acceptors (Lipinski definition) is 10. The number of nitrogens with zero attached hydrogens (tertiary/aromatic N) is 10. The molecule has 15 heteroatoms. The molecule has 340 valence electrons. The molecule has 0 spiro atoms. The number of benzene rings is 2. The van der Waals surface area contributed by atoms with Gasteiger partial charge in [0.05, 0.1) is 24.8 Å². The van der Waals surface area contributed by atoms with Crippen molar-refractivity contribution in [1.82, 2.24) is 49.1 Å². The second-order valence-electron chi connectivity index (χ2n) is 18.4. The molecule has 0 saturated heterocycles. The largest absolute Gasteiger partial charge is 0.351 e. The number of halogens is 3. The van der Waals surface area contributed by atoms with Crippen molar-refractivity contribution in [3.8, 4) is 22.8 Å². The molecular formula is C52H51ClF2N12. The number of fused-ring (bicyclic) bond motifs is 6. The van der Waals surface area contributed by atoms with Crippen molar-refractivity contribution in [2.24, 2.45) is 5.73 Å². The number of pyridine rings is 2. The standard InChI is InChI=1S/C26H25FN6.C13H11ClFN5.C13H15N/c1-15(2)23-14-29-33-25(23)31-24(18-10-19(27)13-28-12-18)32-26(33)30-20-8-7-17-9-16-5-3-4-6-21(16)22(17)11-20;1-7(2)10-6-17-20-12(10)18-11(19-13(20)14)8-3-9(15)5-16-4-8;14-11-6-5-10-7-9-3-1-2-4-12(9)13(10)8-11/h3-6,10,12-15,20H,7-9,11H2,1-2H3,(H,30,31,32);3-7H,1-2H3;1-4,11H,5-8,14H2/t20-;;11-/m1.1/s1. The second-order valence-corrected chi connectivity index (χ2v) is 18.7. The second kappa shape index (κ2) is 18.5. The minimum atomic E-state index is -0.445. The van der Waals surface area contributed by atoms with E-state index in [1.54, 1.807) is 33.6 Å². The first-order chi connectivity index (χ1) is 32.5. The van der Waals surface area contributed by atoms with Crippen molar-refractivity contribution in [2.75, 3.05) is 5.32 Å². The first-order valence-corrected chi connectivity index (χ1v) is 23.3. The highest BCUT2D eigenvalue weighted by molar-refractivity contribution is 6.28. The highest BCUT2D eigenvalue weighted by Gasteiger charge is 2.30. The van der Waals surface area contributed by atoms with Gasteiger partial charge in [-0.15, -0.1) is 0 Å². The van der Waals surface area contributed by atoms with Crippen molar-refractivity contribution in [1.29, 1.82) is 0 Å². The Morgan fingerprint density at radius 1 is 0.642 bits per heavy atom. The van der Waals surface area contributed by atoms with Crippen LogP contribution < -0.4 is 11.1 Å². The molecule has 0 amide bonds. The molecule has 67 heavy (non-hydrogen) atoms. The lowest BCUT2D eigenvalue weighted by atomic mass is 9.88. The smallest absolute Gasteiger partial charge is 0.228 e. The molecule has 6 aromatic heterocycles. The van der Waals surface area contributed by atoms with Gasteiger partial charge in [-0.05, 0) is 120 Å². The van der Waals surface area contributed by atoms with Gasteiger partial charge in [-0.2, -0.15) is 29.2 Å². The summed E-state index contributed by atoms with van der Waals surface area (Å²) >= 11 is 6.11. The zero-order chi connectivity index (χ0) is 46.3. The highest BCUT2D eigenvalue weighted by Crippen LogP contribution is 2.43. The molecular weight excluding hydrogens is 866 g/mol. The molecule has 0 aliphatic heterocycles. The molecule has 12 rings (SSSR count). The van der Waals surface area contributed by atoms with Gasteiger partial charge in [-0.1, -0.05) is 87.4 Å². The van der Waals surface area contributed by atoms with E-state index in [1.807, 2.05) is 20.0 Å². The number of rotatable bonds is 6. The van der Waals surface area contributed by atoms with Crippen LogP contribution in [0, 0.1) is 11.6 Å². The highest BCUT2D eigenvalue weighted by atomic mass is 35.5. The fraction of sp³-hybridized carbons (Fsp3) is 0.308. The van der Waals surface area contributed by atoms with Gasteiger partial charge in [0.25, 0.3) is 0 Å². The van der Waals surface area contributed by atoms with E-state index < -0.39 is 11.6 Å². The lowest BCUT2D eigenvalue weighted by Crippen LogP contribution is -2.25. The normalized spacial score (nSPS) is 17.2. The Hall–Kier alpha value is -6.77. The molecule has 4 aliphatic carbocycles. The van der Waals surface area contributed by atoms with Crippen LogP contribution in [0.2, 0.25) is 5.28 Å². The molecule has 0 radical (unpaired) electrons. The van der Waals surface area contributed by atoms with Crippen molar-refractivity contribution in [3.63, 3.8) is 0 Å². The van der Waals surface area contributed by atoms with Crippen LogP contribution in [0.15, 0.2) is 109 Å². The molecule has 12 nitrogen and oxygen atoms in total. The van der Waals surface area contributed by atoms with Gasteiger partial charge in [0.1, 0.15) is 11.6 Å². The van der Waals surface area contributed by atoms with Gasteiger partial charge in [-0.25, -0.2) is 18.7 Å². The summed E-state index contributed by atoms with van der Waals surface area (Å²) in [4.78, 5) is 25.8. The van der Waals surface area contributed by atoms with E-state index in [0.717, 1.165) is 55.1 Å². The van der Waals surface area contributed by atoms with Crippen LogP contribution in [0.4, 0.5) is 14.7 Å². The predicted octanol–water partition coefficient (Wildman–Crippen LogP) is 11.0. The van der Waals surface area contributed by atoms with Crippen LogP contribution in [0.1, 0.15) is 111 Å². The van der Waals surface area contributed by atoms with E-state index in [-0.39, 0.29) is 23.2 Å². The number of aromatic nitrogens is 10. The number of hydrogen-bond donors (Lipinski definition) is 2. The van der Waals surface area contributed by atoms with Gasteiger partial charge < -0.3 is 11.1 Å². The minimum absolute atomic E-state index is 0.182. The van der Waals surface area contributed by atoms with E-state index in [1.165, 1.54) is 76.1 Å². The maximum atomic E-state index is 13.9. The lowest BCUT2D eigenvalue weighted by molar-refractivity contribution is 0.600. The summed E-state index contributed by atoms with van der Waals surface area (Å²) in [5.41, 5.74) is 22.4. The summed E-state index contributed by atoms with van der Waals surface area (Å²) in [5, 5.41) is 12.6. The van der Waals surface area contributed by atoms with Crippen molar-refractivity contribution in [3.05, 3.63) is 159 Å². The van der Waals surface area contributed by atoms with E-state index in [0.29, 0.717) is 40.4 Å². The summed E-state index contributed by atoms with van der Waals surface area (Å²) in [5.74, 6) is 1.05. The van der Waals surface area contributed by atoms with E-state index in [2.05, 4.69) is 97.8 Å². The lowest BCUT2D eigenvalue weighted by Gasteiger charge is -2.26. The van der Waals surface area contributed by atoms with Crippen LogP contribution in [0.25, 0.3) is 45.2 Å². The summed E-state index contributed by atoms with van der Waals surface area (Å²) in [6, 6.07) is 20.8. The maximum absolute atomic E-state index is 13.9. The Morgan fingerprint density at radius 3 is 1.75 bits per heavy atom. The molecule has 0 bridgehead atoms. The van der Waals surface area contributed by atoms with Gasteiger partial charge >= 0.3 is 0 Å². The zero-order valence-corrected chi connectivity index (χ0v) is 38.6. The number of nitrogens with one attached hydrogen (secondary N) is 1. The first-order valence-electron chi connectivity index (χ1n) is 23.0. The summed E-state index contributed by atoms with van der Waals surface area (Å²) in [6.45, 7) is 8.30. The van der Waals surface area contributed by atoms with Crippen LogP contribution in [-0.2, 0) is 12.8 Å². The van der Waals surface area contributed by atoms with Crippen LogP contribution in [-0.4, -0.2) is 61.2 Å². The Balaban J connectivity index is 0.000000130. The molecule has 2 aromatic carbocycles. The maximum Gasteiger partial charge on any atom is 0.228 e. The van der Waals surface area contributed by atoms with Crippen LogP contribution in [0.5, 0.6) is 0 Å². The molecule has 3 N–H and O–H groups in total. The van der Waals surface area contributed by atoms with Crippen LogP contribution >= 0.6 is 11.6 Å². The molecule has 8 aromatic rings. The average molecular weight is 918 g/mol. The predicted molar refractivity (Wildman–Crippen MR) is 258 cm³/mol. The number of nitrogens with two attached hydrogens (primary N) is 1. The number of allylic oxidation sites excluding steroid dienone is 2. The topological polar surface area (TPSA) is 150 Å². The van der Waals surface area contributed by atoms with Crippen molar-refractivity contribution >= 4 is 40.0 Å².